The van der Waals surface area contributed by atoms with Crippen LogP contribution >= 0.6 is 0 Å². The first kappa shape index (κ1) is 25.4. The lowest BCUT2D eigenvalue weighted by Crippen LogP contribution is -2.62. The molecule has 0 bridgehead atoms. The quantitative estimate of drug-likeness (QED) is 0.648. The van der Waals surface area contributed by atoms with Crippen LogP contribution in [0.5, 0.6) is 0 Å². The van der Waals surface area contributed by atoms with Crippen molar-refractivity contribution in [2.75, 3.05) is 26.2 Å². The van der Waals surface area contributed by atoms with Gasteiger partial charge < -0.3 is 25.6 Å². The van der Waals surface area contributed by atoms with Crippen molar-refractivity contribution in [2.45, 2.75) is 94.5 Å². The summed E-state index contributed by atoms with van der Waals surface area (Å²) in [6.45, 7) is 6.97. The molecular weight excluding hydrogens is 456 g/mol. The molecule has 3 heterocycles. The van der Waals surface area contributed by atoms with Crippen molar-refractivity contribution in [3.63, 3.8) is 0 Å². The minimum absolute atomic E-state index is 0.00494. The van der Waals surface area contributed by atoms with Gasteiger partial charge in [-0.2, -0.15) is 0 Å². The SMILES string of the molecule is CC(C)N1CCC(c2ccc(C(=O)NC3(C(=O)N4C[C@@H](N)[C@H]5OCC(=O)[C@H]54)CCCCC3)cc2)CC1. The number of benzene rings is 1. The van der Waals surface area contributed by atoms with Crippen LogP contribution in [0.25, 0.3) is 0 Å². The average Bonchev–Trinajstić information content (AvgIpc) is 3.44. The fourth-order valence-corrected chi connectivity index (χ4v) is 6.67. The van der Waals surface area contributed by atoms with E-state index in [1.807, 2.05) is 12.1 Å². The summed E-state index contributed by atoms with van der Waals surface area (Å²) in [5, 5.41) is 3.12. The van der Waals surface area contributed by atoms with Gasteiger partial charge in [-0.15, -0.1) is 0 Å². The van der Waals surface area contributed by atoms with Crippen molar-refractivity contribution in [3.8, 4) is 0 Å². The highest BCUT2D eigenvalue weighted by atomic mass is 16.5. The molecule has 3 aliphatic heterocycles. The molecule has 2 amide bonds. The first-order valence-corrected chi connectivity index (χ1v) is 13.7. The number of amides is 2. The van der Waals surface area contributed by atoms with Crippen LogP contribution in [0.4, 0.5) is 0 Å². The highest BCUT2D eigenvalue weighted by Crippen LogP contribution is 2.35. The number of nitrogens with one attached hydrogen (secondary N) is 1. The lowest BCUT2D eigenvalue weighted by Gasteiger charge is -2.40. The predicted octanol–water partition coefficient (Wildman–Crippen LogP) is 2.21. The summed E-state index contributed by atoms with van der Waals surface area (Å²) in [7, 11) is 0. The number of rotatable bonds is 5. The van der Waals surface area contributed by atoms with Gasteiger partial charge in [0.1, 0.15) is 24.3 Å². The van der Waals surface area contributed by atoms with E-state index in [2.05, 4.69) is 36.2 Å². The fraction of sp³-hybridized carbons (Fsp3) is 0.679. The second-order valence-corrected chi connectivity index (χ2v) is 11.4. The fourth-order valence-electron chi connectivity index (χ4n) is 6.67. The zero-order chi connectivity index (χ0) is 25.4. The van der Waals surface area contributed by atoms with Crippen LogP contribution in [0.1, 0.15) is 80.6 Å². The van der Waals surface area contributed by atoms with Crippen molar-refractivity contribution < 1.29 is 19.1 Å². The van der Waals surface area contributed by atoms with E-state index in [9.17, 15) is 14.4 Å². The highest BCUT2D eigenvalue weighted by molar-refractivity contribution is 6.01. The lowest BCUT2D eigenvalue weighted by atomic mass is 9.80. The molecule has 36 heavy (non-hydrogen) atoms. The molecule has 8 heteroatoms. The number of carbonyl (C=O) groups is 3. The van der Waals surface area contributed by atoms with Gasteiger partial charge in [0.2, 0.25) is 5.91 Å². The van der Waals surface area contributed by atoms with E-state index in [1.165, 1.54) is 5.56 Å². The smallest absolute Gasteiger partial charge is 0.252 e. The third-order valence-corrected chi connectivity index (χ3v) is 8.86. The monoisotopic (exact) mass is 496 g/mol. The minimum atomic E-state index is -1.00. The summed E-state index contributed by atoms with van der Waals surface area (Å²) < 4.78 is 5.57. The maximum Gasteiger partial charge on any atom is 0.252 e. The standard InChI is InChI=1S/C28H40N4O4/c1-18(2)31-14-10-20(11-15-31)19-6-8-21(9-7-19)26(34)30-28(12-4-3-5-13-28)27(35)32-16-22(29)25-24(32)23(33)17-36-25/h6-9,18,20,22,24-25H,3-5,10-17,29H2,1-2H3,(H,30,34)/t22-,24-,25-/m1/s1. The average molecular weight is 497 g/mol. The van der Waals surface area contributed by atoms with Gasteiger partial charge in [-0.05, 0) is 76.2 Å². The third kappa shape index (κ3) is 4.71. The Morgan fingerprint density at radius 3 is 2.39 bits per heavy atom. The summed E-state index contributed by atoms with van der Waals surface area (Å²) in [6.07, 6.45) is 5.70. The van der Waals surface area contributed by atoms with Crippen LogP contribution in [0.15, 0.2) is 24.3 Å². The Morgan fingerprint density at radius 1 is 1.08 bits per heavy atom. The topological polar surface area (TPSA) is 105 Å². The maximum absolute atomic E-state index is 13.9. The molecule has 3 saturated heterocycles. The first-order valence-electron chi connectivity index (χ1n) is 13.7. The van der Waals surface area contributed by atoms with Gasteiger partial charge in [0.05, 0.1) is 6.04 Å². The van der Waals surface area contributed by atoms with E-state index in [1.54, 1.807) is 4.90 Å². The first-order chi connectivity index (χ1) is 17.3. The number of ether oxygens (including phenoxy) is 1. The molecule has 1 saturated carbocycles. The minimum Gasteiger partial charge on any atom is -0.366 e. The van der Waals surface area contributed by atoms with Gasteiger partial charge >= 0.3 is 0 Å². The molecule has 0 unspecified atom stereocenters. The summed E-state index contributed by atoms with van der Waals surface area (Å²) >= 11 is 0. The van der Waals surface area contributed by atoms with E-state index in [0.29, 0.717) is 30.4 Å². The van der Waals surface area contributed by atoms with Crippen molar-refractivity contribution in [3.05, 3.63) is 35.4 Å². The zero-order valence-electron chi connectivity index (χ0n) is 21.6. The Bertz CT molecular complexity index is 980. The number of hydrogen-bond acceptors (Lipinski definition) is 6. The second-order valence-electron chi connectivity index (χ2n) is 11.4. The Hall–Kier alpha value is -2.29. The summed E-state index contributed by atoms with van der Waals surface area (Å²) in [6, 6.07) is 7.46. The summed E-state index contributed by atoms with van der Waals surface area (Å²) in [4.78, 5) is 43.9. The van der Waals surface area contributed by atoms with Crippen LogP contribution in [0.3, 0.4) is 0 Å². The number of nitrogens with two attached hydrogens (primary N) is 1. The van der Waals surface area contributed by atoms with Crippen molar-refractivity contribution in [1.82, 2.24) is 15.1 Å². The number of nitrogens with zero attached hydrogens (tertiary/aromatic N) is 2. The van der Waals surface area contributed by atoms with E-state index in [4.69, 9.17) is 10.5 Å². The molecule has 4 fully saturated rings. The number of fused-ring (bicyclic) bond motifs is 1. The highest BCUT2D eigenvalue weighted by Gasteiger charge is 2.55. The van der Waals surface area contributed by atoms with Crippen molar-refractivity contribution >= 4 is 17.6 Å². The molecule has 1 aliphatic carbocycles. The van der Waals surface area contributed by atoms with E-state index >= 15 is 0 Å². The van der Waals surface area contributed by atoms with Crippen molar-refractivity contribution in [1.29, 1.82) is 0 Å². The Morgan fingerprint density at radius 2 is 1.75 bits per heavy atom. The molecule has 5 rings (SSSR count). The van der Waals surface area contributed by atoms with Crippen LogP contribution < -0.4 is 11.1 Å². The Labute approximate surface area is 213 Å². The number of likely N-dealkylation sites (tertiary alicyclic amines) is 2. The largest absolute Gasteiger partial charge is 0.366 e. The molecular formula is C28H40N4O4. The number of piperidine rings is 1. The molecule has 3 N–H and O–H groups in total. The predicted molar refractivity (Wildman–Crippen MR) is 137 cm³/mol. The lowest BCUT2D eigenvalue weighted by molar-refractivity contribution is -0.143. The van der Waals surface area contributed by atoms with Gasteiger partial charge in [-0.25, -0.2) is 0 Å². The van der Waals surface area contributed by atoms with Crippen LogP contribution in [-0.4, -0.2) is 83.4 Å². The van der Waals surface area contributed by atoms with Gasteiger partial charge in [0.25, 0.3) is 5.91 Å². The molecule has 4 aliphatic rings. The van der Waals surface area contributed by atoms with E-state index in [0.717, 1.165) is 45.2 Å². The van der Waals surface area contributed by atoms with Gasteiger partial charge in [-0.3, -0.25) is 14.4 Å². The Balaban J connectivity index is 1.29. The van der Waals surface area contributed by atoms with E-state index < -0.39 is 17.7 Å². The molecule has 1 aromatic carbocycles. The normalized spacial score (nSPS) is 28.9. The molecule has 0 aromatic heterocycles. The molecule has 1 aromatic rings. The number of ketones is 1. The van der Waals surface area contributed by atoms with Gasteiger partial charge in [-0.1, -0.05) is 31.4 Å². The molecule has 0 radical (unpaired) electrons. The summed E-state index contributed by atoms with van der Waals surface area (Å²) in [5.74, 6) is -0.0124. The van der Waals surface area contributed by atoms with E-state index in [-0.39, 0.29) is 36.8 Å². The summed E-state index contributed by atoms with van der Waals surface area (Å²) in [5.41, 5.74) is 7.04. The maximum atomic E-state index is 13.9. The molecule has 196 valence electrons. The van der Waals surface area contributed by atoms with Crippen LogP contribution in [-0.2, 0) is 14.3 Å². The number of hydrogen-bond donors (Lipinski definition) is 2. The Kier molecular flexibility index (Phi) is 7.21. The second kappa shape index (κ2) is 10.2. The third-order valence-electron chi connectivity index (χ3n) is 8.86. The number of Topliss-reactive ketones (excluding diaryl/α,β-unsaturated/α-hetero) is 1. The van der Waals surface area contributed by atoms with Crippen LogP contribution in [0.2, 0.25) is 0 Å². The zero-order valence-corrected chi connectivity index (χ0v) is 21.6. The number of carbonyl (C=O) groups excluding carboxylic acids is 3. The molecule has 0 spiro atoms. The van der Waals surface area contributed by atoms with Gasteiger partial charge in [0.15, 0.2) is 5.78 Å². The molecule has 3 atom stereocenters. The van der Waals surface area contributed by atoms with Crippen LogP contribution in [0, 0.1) is 0 Å². The van der Waals surface area contributed by atoms with Gasteiger partial charge in [0, 0.05) is 18.2 Å². The van der Waals surface area contributed by atoms with Crippen molar-refractivity contribution in [2.24, 2.45) is 5.73 Å². The molecule has 8 nitrogen and oxygen atoms in total.